The predicted octanol–water partition coefficient (Wildman–Crippen LogP) is 6.74. The predicted molar refractivity (Wildman–Crippen MR) is 144 cm³/mol. The molecule has 0 bridgehead atoms. The first kappa shape index (κ1) is 27.1. The van der Waals surface area contributed by atoms with E-state index in [0.29, 0.717) is 21.5 Å². The number of rotatable bonds is 10. The number of carbonyl (C=O) groups excluding carboxylic acids is 2. The van der Waals surface area contributed by atoms with E-state index in [0.717, 1.165) is 23.1 Å². The maximum absolute atomic E-state index is 13.7. The fourth-order valence-corrected chi connectivity index (χ4v) is 4.30. The molecule has 0 saturated heterocycles. The Morgan fingerprint density at radius 3 is 2.17 bits per heavy atom. The standard InChI is InChI=1S/C28H29Cl3N2O2/c1-3-19(2)32-28(35)26(15-20-7-5-4-6-8-20)33(18-22-11-14-24(30)17-25(22)31)27(34)16-21-9-12-23(29)13-10-21/h4-14,17,19,26H,3,15-16,18H2,1-2H3,(H,32,35)/t19-,26+/m0/s1. The Morgan fingerprint density at radius 1 is 0.886 bits per heavy atom. The van der Waals surface area contributed by atoms with Crippen molar-refractivity contribution in [1.82, 2.24) is 10.2 Å². The van der Waals surface area contributed by atoms with Crippen LogP contribution >= 0.6 is 34.8 Å². The Labute approximate surface area is 222 Å². The maximum Gasteiger partial charge on any atom is 0.243 e. The van der Waals surface area contributed by atoms with Gasteiger partial charge in [0.05, 0.1) is 6.42 Å². The molecule has 4 nitrogen and oxygen atoms in total. The van der Waals surface area contributed by atoms with Gasteiger partial charge >= 0.3 is 0 Å². The highest BCUT2D eigenvalue weighted by Crippen LogP contribution is 2.25. The molecule has 0 saturated carbocycles. The fraction of sp³-hybridized carbons (Fsp3) is 0.286. The van der Waals surface area contributed by atoms with Crippen molar-refractivity contribution in [3.63, 3.8) is 0 Å². The molecule has 0 unspecified atom stereocenters. The summed E-state index contributed by atoms with van der Waals surface area (Å²) in [6.07, 6.45) is 1.29. The highest BCUT2D eigenvalue weighted by Gasteiger charge is 2.31. The Morgan fingerprint density at radius 2 is 1.54 bits per heavy atom. The highest BCUT2D eigenvalue weighted by molar-refractivity contribution is 6.35. The molecule has 3 aromatic rings. The number of amides is 2. The Kier molecular flexibility index (Phi) is 10.0. The Hall–Kier alpha value is -2.53. The molecule has 35 heavy (non-hydrogen) atoms. The van der Waals surface area contributed by atoms with Crippen molar-refractivity contribution < 1.29 is 9.59 Å². The smallest absolute Gasteiger partial charge is 0.243 e. The van der Waals surface area contributed by atoms with Crippen LogP contribution in [0.2, 0.25) is 15.1 Å². The van der Waals surface area contributed by atoms with Crippen molar-refractivity contribution in [3.05, 3.63) is 105 Å². The van der Waals surface area contributed by atoms with Gasteiger partial charge in [0, 0.05) is 34.1 Å². The van der Waals surface area contributed by atoms with Crippen LogP contribution in [0.15, 0.2) is 72.8 Å². The number of nitrogens with one attached hydrogen (secondary N) is 1. The first-order valence-corrected chi connectivity index (χ1v) is 12.7. The molecule has 1 N–H and O–H groups in total. The van der Waals surface area contributed by atoms with Crippen LogP contribution in [0, 0.1) is 0 Å². The van der Waals surface area contributed by atoms with E-state index in [1.165, 1.54) is 0 Å². The van der Waals surface area contributed by atoms with Crippen LogP contribution < -0.4 is 5.32 Å². The van der Waals surface area contributed by atoms with E-state index in [9.17, 15) is 9.59 Å². The molecule has 0 aliphatic carbocycles. The molecule has 3 rings (SSSR count). The Balaban J connectivity index is 1.99. The van der Waals surface area contributed by atoms with Gasteiger partial charge in [0.15, 0.2) is 0 Å². The van der Waals surface area contributed by atoms with Gasteiger partial charge < -0.3 is 10.2 Å². The lowest BCUT2D eigenvalue weighted by molar-refractivity contribution is -0.141. The molecule has 0 radical (unpaired) electrons. The first-order chi connectivity index (χ1) is 16.8. The van der Waals surface area contributed by atoms with Gasteiger partial charge in [0.25, 0.3) is 0 Å². The summed E-state index contributed by atoms with van der Waals surface area (Å²) < 4.78 is 0. The molecule has 0 aliphatic heterocycles. The maximum atomic E-state index is 13.7. The number of hydrogen-bond acceptors (Lipinski definition) is 2. The van der Waals surface area contributed by atoms with Crippen LogP contribution in [0.25, 0.3) is 0 Å². The SMILES string of the molecule is CC[C@H](C)NC(=O)[C@@H](Cc1ccccc1)N(Cc1ccc(Cl)cc1Cl)C(=O)Cc1ccc(Cl)cc1. The third kappa shape index (κ3) is 7.99. The van der Waals surface area contributed by atoms with Gasteiger partial charge in [-0.2, -0.15) is 0 Å². The van der Waals surface area contributed by atoms with E-state index in [1.807, 2.05) is 56.3 Å². The second-order valence-corrected chi connectivity index (χ2v) is 9.86. The second kappa shape index (κ2) is 13.0. The summed E-state index contributed by atoms with van der Waals surface area (Å²) in [7, 11) is 0. The molecule has 2 amide bonds. The molecular weight excluding hydrogens is 503 g/mol. The van der Waals surface area contributed by atoms with E-state index >= 15 is 0 Å². The summed E-state index contributed by atoms with van der Waals surface area (Å²) in [5, 5.41) is 4.61. The lowest BCUT2D eigenvalue weighted by Gasteiger charge is -2.32. The van der Waals surface area contributed by atoms with Crippen LogP contribution in [0.1, 0.15) is 37.0 Å². The zero-order chi connectivity index (χ0) is 25.4. The van der Waals surface area contributed by atoms with Crippen LogP contribution in [0.5, 0.6) is 0 Å². The van der Waals surface area contributed by atoms with Crippen molar-refractivity contribution in [2.45, 2.75) is 51.7 Å². The number of nitrogens with zero attached hydrogens (tertiary/aromatic N) is 1. The van der Waals surface area contributed by atoms with Crippen molar-refractivity contribution in [1.29, 1.82) is 0 Å². The molecule has 0 aliphatic rings. The summed E-state index contributed by atoms with van der Waals surface area (Å²) in [4.78, 5) is 28.8. The van der Waals surface area contributed by atoms with Crippen molar-refractivity contribution in [3.8, 4) is 0 Å². The van der Waals surface area contributed by atoms with Crippen LogP contribution in [0.3, 0.4) is 0 Å². The van der Waals surface area contributed by atoms with Crippen molar-refractivity contribution >= 4 is 46.6 Å². The van der Waals surface area contributed by atoms with E-state index < -0.39 is 6.04 Å². The third-order valence-corrected chi connectivity index (χ3v) is 6.74. The number of hydrogen-bond donors (Lipinski definition) is 1. The van der Waals surface area contributed by atoms with Crippen LogP contribution in [0.4, 0.5) is 0 Å². The van der Waals surface area contributed by atoms with E-state index in [-0.39, 0.29) is 30.8 Å². The molecule has 2 atom stereocenters. The van der Waals surface area contributed by atoms with Gasteiger partial charge in [-0.05, 0) is 54.3 Å². The molecule has 184 valence electrons. The fourth-order valence-electron chi connectivity index (χ4n) is 3.71. The summed E-state index contributed by atoms with van der Waals surface area (Å²) in [5.41, 5.74) is 2.49. The number of halogens is 3. The van der Waals surface area contributed by atoms with Crippen molar-refractivity contribution in [2.24, 2.45) is 0 Å². The summed E-state index contributed by atoms with van der Waals surface area (Å²) in [6, 6.07) is 21.3. The molecule has 0 heterocycles. The van der Waals surface area contributed by atoms with Gasteiger partial charge in [0.1, 0.15) is 6.04 Å². The molecular formula is C28H29Cl3N2O2. The normalized spacial score (nSPS) is 12.6. The summed E-state index contributed by atoms with van der Waals surface area (Å²) >= 11 is 18.6. The summed E-state index contributed by atoms with van der Waals surface area (Å²) in [5.74, 6) is -0.378. The average Bonchev–Trinajstić information content (AvgIpc) is 2.84. The third-order valence-electron chi connectivity index (χ3n) is 5.90. The minimum Gasteiger partial charge on any atom is -0.352 e. The molecule has 0 spiro atoms. The largest absolute Gasteiger partial charge is 0.352 e. The topological polar surface area (TPSA) is 49.4 Å². The van der Waals surface area contributed by atoms with E-state index in [2.05, 4.69) is 5.32 Å². The van der Waals surface area contributed by atoms with Crippen LogP contribution in [-0.2, 0) is 29.0 Å². The highest BCUT2D eigenvalue weighted by atomic mass is 35.5. The molecule has 7 heteroatoms. The van der Waals surface area contributed by atoms with E-state index in [1.54, 1.807) is 35.2 Å². The first-order valence-electron chi connectivity index (χ1n) is 11.6. The van der Waals surface area contributed by atoms with E-state index in [4.69, 9.17) is 34.8 Å². The molecule has 3 aromatic carbocycles. The zero-order valence-electron chi connectivity index (χ0n) is 19.8. The minimum atomic E-state index is -0.724. The van der Waals surface area contributed by atoms with Gasteiger partial charge in [-0.25, -0.2) is 0 Å². The van der Waals surface area contributed by atoms with Gasteiger partial charge in [0.2, 0.25) is 11.8 Å². The quantitative estimate of drug-likeness (QED) is 0.315. The van der Waals surface area contributed by atoms with Gasteiger partial charge in [-0.3, -0.25) is 9.59 Å². The zero-order valence-corrected chi connectivity index (χ0v) is 22.1. The van der Waals surface area contributed by atoms with Gasteiger partial charge in [-0.1, -0.05) is 90.3 Å². The second-order valence-electron chi connectivity index (χ2n) is 8.58. The lowest BCUT2D eigenvalue weighted by Crippen LogP contribution is -2.52. The molecule has 0 fully saturated rings. The average molecular weight is 532 g/mol. The Bertz CT molecular complexity index is 1140. The number of carbonyl (C=O) groups is 2. The molecule has 0 aromatic heterocycles. The minimum absolute atomic E-state index is 0.0203. The van der Waals surface area contributed by atoms with Crippen molar-refractivity contribution in [2.75, 3.05) is 0 Å². The summed E-state index contributed by atoms with van der Waals surface area (Å²) in [6.45, 7) is 4.13. The number of benzene rings is 3. The van der Waals surface area contributed by atoms with Gasteiger partial charge in [-0.15, -0.1) is 0 Å². The lowest BCUT2D eigenvalue weighted by atomic mass is 10.0. The van der Waals surface area contributed by atoms with Crippen LogP contribution in [-0.4, -0.2) is 28.8 Å². The monoisotopic (exact) mass is 530 g/mol.